The molecule has 0 spiro atoms. The topological polar surface area (TPSA) is 38.5 Å². The van der Waals surface area contributed by atoms with E-state index in [-0.39, 0.29) is 0 Å². The first kappa shape index (κ1) is 15.0. The summed E-state index contributed by atoms with van der Waals surface area (Å²) >= 11 is 0. The van der Waals surface area contributed by atoms with Crippen molar-refractivity contribution in [2.75, 3.05) is 32.0 Å². The lowest BCUT2D eigenvalue weighted by Gasteiger charge is -2.21. The third-order valence-corrected chi connectivity index (χ3v) is 2.89. The van der Waals surface area contributed by atoms with Gasteiger partial charge < -0.3 is 10.5 Å². The Morgan fingerprint density at radius 3 is 2.44 bits per heavy atom. The first-order valence-corrected chi connectivity index (χ1v) is 6.90. The zero-order valence-electron chi connectivity index (χ0n) is 11.7. The molecule has 0 radical (unpaired) electrons. The summed E-state index contributed by atoms with van der Waals surface area (Å²) in [5.41, 5.74) is 7.86. The molecular weight excluding hydrogens is 224 g/mol. The van der Waals surface area contributed by atoms with Gasteiger partial charge in [-0.1, -0.05) is 19.1 Å². The molecule has 0 bridgehead atoms. The number of hydrogen-bond acceptors (Lipinski definition) is 3. The average molecular weight is 250 g/mol. The molecule has 18 heavy (non-hydrogen) atoms. The van der Waals surface area contributed by atoms with Crippen LogP contribution in [-0.2, 0) is 11.3 Å². The molecule has 102 valence electrons. The number of nitrogens with two attached hydrogens (primary N) is 1. The summed E-state index contributed by atoms with van der Waals surface area (Å²) < 4.78 is 5.38. The van der Waals surface area contributed by atoms with E-state index in [0.717, 1.165) is 45.0 Å². The number of ether oxygens (including phenoxy) is 1. The number of benzene rings is 1. The first-order chi connectivity index (χ1) is 8.76. The van der Waals surface area contributed by atoms with Crippen LogP contribution in [0.5, 0.6) is 0 Å². The van der Waals surface area contributed by atoms with Crippen LogP contribution in [0.2, 0.25) is 0 Å². The normalized spacial score (nSPS) is 11.1. The van der Waals surface area contributed by atoms with Gasteiger partial charge in [0.2, 0.25) is 0 Å². The number of nitrogens with zero attached hydrogens (tertiary/aromatic N) is 1. The van der Waals surface area contributed by atoms with Crippen LogP contribution >= 0.6 is 0 Å². The summed E-state index contributed by atoms with van der Waals surface area (Å²) in [5.74, 6) is 0. The predicted octanol–water partition coefficient (Wildman–Crippen LogP) is 2.91. The second-order valence-corrected chi connectivity index (χ2v) is 4.57. The van der Waals surface area contributed by atoms with Crippen molar-refractivity contribution in [3.05, 3.63) is 29.8 Å². The lowest BCUT2D eigenvalue weighted by atomic mass is 10.2. The highest BCUT2D eigenvalue weighted by Crippen LogP contribution is 2.09. The Balaban J connectivity index is 2.38. The smallest absolute Gasteiger partial charge is 0.0478 e. The van der Waals surface area contributed by atoms with E-state index in [1.807, 2.05) is 19.1 Å². The molecule has 1 rings (SSSR count). The van der Waals surface area contributed by atoms with E-state index >= 15 is 0 Å². The first-order valence-electron chi connectivity index (χ1n) is 6.90. The van der Waals surface area contributed by atoms with Gasteiger partial charge in [-0.2, -0.15) is 0 Å². The summed E-state index contributed by atoms with van der Waals surface area (Å²) in [7, 11) is 0. The van der Waals surface area contributed by atoms with Crippen molar-refractivity contribution in [2.45, 2.75) is 33.2 Å². The van der Waals surface area contributed by atoms with E-state index in [2.05, 4.69) is 24.0 Å². The maximum atomic E-state index is 5.70. The third-order valence-electron chi connectivity index (χ3n) is 2.89. The molecule has 0 amide bonds. The highest BCUT2D eigenvalue weighted by Gasteiger charge is 2.04. The summed E-state index contributed by atoms with van der Waals surface area (Å²) in [6.07, 6.45) is 2.28. The summed E-state index contributed by atoms with van der Waals surface area (Å²) in [4.78, 5) is 2.48. The van der Waals surface area contributed by atoms with Crippen LogP contribution < -0.4 is 5.73 Å². The zero-order chi connectivity index (χ0) is 13.2. The highest BCUT2D eigenvalue weighted by molar-refractivity contribution is 5.39. The van der Waals surface area contributed by atoms with Crippen LogP contribution in [-0.4, -0.2) is 31.2 Å². The van der Waals surface area contributed by atoms with Crippen molar-refractivity contribution in [1.29, 1.82) is 0 Å². The van der Waals surface area contributed by atoms with Crippen molar-refractivity contribution in [1.82, 2.24) is 4.90 Å². The minimum absolute atomic E-state index is 0.811. The van der Waals surface area contributed by atoms with Gasteiger partial charge in [0.15, 0.2) is 0 Å². The maximum Gasteiger partial charge on any atom is 0.0478 e. The molecule has 0 aliphatic carbocycles. The minimum atomic E-state index is 0.811. The van der Waals surface area contributed by atoms with Crippen molar-refractivity contribution >= 4 is 5.69 Å². The fourth-order valence-electron chi connectivity index (χ4n) is 2.00. The molecule has 0 aromatic heterocycles. The second-order valence-electron chi connectivity index (χ2n) is 4.57. The summed E-state index contributed by atoms with van der Waals surface area (Å²) in [6, 6.07) is 8.17. The molecule has 0 unspecified atom stereocenters. The van der Waals surface area contributed by atoms with E-state index in [4.69, 9.17) is 10.5 Å². The monoisotopic (exact) mass is 250 g/mol. The number of nitrogen functional groups attached to an aromatic ring is 1. The van der Waals surface area contributed by atoms with Gasteiger partial charge in [0.05, 0.1) is 0 Å². The van der Waals surface area contributed by atoms with Gasteiger partial charge >= 0.3 is 0 Å². The van der Waals surface area contributed by atoms with Crippen molar-refractivity contribution < 1.29 is 4.74 Å². The second kappa shape index (κ2) is 8.95. The molecule has 2 N–H and O–H groups in total. The van der Waals surface area contributed by atoms with Crippen LogP contribution in [0.4, 0.5) is 5.69 Å². The quantitative estimate of drug-likeness (QED) is 0.541. The van der Waals surface area contributed by atoms with Gasteiger partial charge in [-0.3, -0.25) is 4.90 Å². The van der Waals surface area contributed by atoms with Crippen LogP contribution in [0.3, 0.4) is 0 Å². The van der Waals surface area contributed by atoms with Gasteiger partial charge in [0.1, 0.15) is 0 Å². The molecule has 0 saturated carbocycles. The fourth-order valence-corrected chi connectivity index (χ4v) is 2.00. The van der Waals surface area contributed by atoms with Crippen molar-refractivity contribution in [3.8, 4) is 0 Å². The van der Waals surface area contributed by atoms with Gasteiger partial charge in [-0.25, -0.2) is 0 Å². The largest absolute Gasteiger partial charge is 0.399 e. The van der Waals surface area contributed by atoms with E-state index in [9.17, 15) is 0 Å². The number of rotatable bonds is 9. The van der Waals surface area contributed by atoms with Gasteiger partial charge in [-0.05, 0) is 44.0 Å². The molecule has 1 aromatic carbocycles. The standard InChI is InChI=1S/C15H26N2O/c1-3-10-17(11-5-12-18-4-2)13-14-6-8-15(16)9-7-14/h6-9H,3-5,10-13,16H2,1-2H3. The Kier molecular flexibility index (Phi) is 7.46. The molecular formula is C15H26N2O. The number of anilines is 1. The minimum Gasteiger partial charge on any atom is -0.399 e. The highest BCUT2D eigenvalue weighted by atomic mass is 16.5. The Morgan fingerprint density at radius 2 is 1.83 bits per heavy atom. The number of hydrogen-bond donors (Lipinski definition) is 1. The maximum absolute atomic E-state index is 5.70. The Hall–Kier alpha value is -1.06. The predicted molar refractivity (Wildman–Crippen MR) is 77.5 cm³/mol. The Labute approximate surface area is 111 Å². The lowest BCUT2D eigenvalue weighted by Crippen LogP contribution is -2.26. The van der Waals surface area contributed by atoms with E-state index < -0.39 is 0 Å². The molecule has 0 aliphatic heterocycles. The van der Waals surface area contributed by atoms with E-state index in [1.165, 1.54) is 12.0 Å². The van der Waals surface area contributed by atoms with Crippen LogP contribution in [0.15, 0.2) is 24.3 Å². The molecule has 0 aliphatic rings. The van der Waals surface area contributed by atoms with Gasteiger partial charge in [0.25, 0.3) is 0 Å². The molecule has 0 heterocycles. The molecule has 0 fully saturated rings. The average Bonchev–Trinajstić information content (AvgIpc) is 2.37. The Bertz CT molecular complexity index is 311. The molecule has 0 atom stereocenters. The van der Waals surface area contributed by atoms with Crippen molar-refractivity contribution in [3.63, 3.8) is 0 Å². The summed E-state index contributed by atoms with van der Waals surface area (Å²) in [6.45, 7) is 9.16. The van der Waals surface area contributed by atoms with Gasteiger partial charge in [0, 0.05) is 32.0 Å². The van der Waals surface area contributed by atoms with E-state index in [1.54, 1.807) is 0 Å². The molecule has 1 aromatic rings. The van der Waals surface area contributed by atoms with Crippen molar-refractivity contribution in [2.24, 2.45) is 0 Å². The Morgan fingerprint density at radius 1 is 1.11 bits per heavy atom. The summed E-state index contributed by atoms with van der Waals surface area (Å²) in [5, 5.41) is 0. The van der Waals surface area contributed by atoms with Crippen LogP contribution in [0, 0.1) is 0 Å². The van der Waals surface area contributed by atoms with Crippen LogP contribution in [0.1, 0.15) is 32.3 Å². The lowest BCUT2D eigenvalue weighted by molar-refractivity contribution is 0.130. The SMILES string of the molecule is CCCN(CCCOCC)Cc1ccc(N)cc1. The van der Waals surface area contributed by atoms with E-state index in [0.29, 0.717) is 0 Å². The molecule has 3 nitrogen and oxygen atoms in total. The van der Waals surface area contributed by atoms with Gasteiger partial charge in [-0.15, -0.1) is 0 Å². The third kappa shape index (κ3) is 6.03. The zero-order valence-corrected chi connectivity index (χ0v) is 11.7. The van der Waals surface area contributed by atoms with Crippen LogP contribution in [0.25, 0.3) is 0 Å². The fraction of sp³-hybridized carbons (Fsp3) is 0.600. The molecule has 3 heteroatoms. The molecule has 0 saturated heterocycles.